The van der Waals surface area contributed by atoms with Gasteiger partial charge in [-0.2, -0.15) is 5.10 Å². The number of nitrogens with two attached hydrogens (primary N) is 1. The topological polar surface area (TPSA) is 72.9 Å². The van der Waals surface area contributed by atoms with Crippen LogP contribution in [0.15, 0.2) is 11.0 Å². The van der Waals surface area contributed by atoms with Crippen LogP contribution in [-0.4, -0.2) is 28.8 Å². The van der Waals surface area contributed by atoms with Crippen molar-refractivity contribution in [3.63, 3.8) is 0 Å². The lowest BCUT2D eigenvalue weighted by atomic mass is 9.85. The smallest absolute Gasteiger partial charge is 0.291 e. The molecule has 3 N–H and O–H groups in total. The van der Waals surface area contributed by atoms with Gasteiger partial charge in [0.2, 0.25) is 0 Å². The predicted octanol–water partition coefficient (Wildman–Crippen LogP) is 1.70. The summed E-state index contributed by atoms with van der Waals surface area (Å²) in [6, 6.07) is 0. The van der Waals surface area contributed by atoms with Gasteiger partial charge in [0.05, 0.1) is 24.3 Å². The van der Waals surface area contributed by atoms with Gasteiger partial charge in [-0.05, 0) is 18.8 Å². The van der Waals surface area contributed by atoms with Crippen molar-refractivity contribution in [1.82, 2.24) is 9.78 Å². The van der Waals surface area contributed by atoms with E-state index in [2.05, 4.69) is 10.4 Å². The van der Waals surface area contributed by atoms with Crippen molar-refractivity contribution in [3.05, 3.63) is 21.6 Å². The summed E-state index contributed by atoms with van der Waals surface area (Å²) in [5, 5.41) is 6.37. The quantitative estimate of drug-likeness (QED) is 0.839. The van der Waals surface area contributed by atoms with E-state index < -0.39 is 24.6 Å². The number of anilines is 1. The monoisotopic (exact) mass is 306 g/mol. The van der Waals surface area contributed by atoms with E-state index in [0.717, 1.165) is 19.3 Å². The maximum Gasteiger partial charge on any atom is 0.291 e. The Morgan fingerprint density at radius 1 is 1.55 bits per heavy atom. The third-order valence-electron chi connectivity index (χ3n) is 3.48. The van der Waals surface area contributed by atoms with E-state index in [1.807, 2.05) is 0 Å². The first-order chi connectivity index (χ1) is 9.43. The SMILES string of the molecule is NCC(F)(F)CNc1c(Cl)cnn(CC2CCC2)c1=O. The zero-order chi connectivity index (χ0) is 14.8. The van der Waals surface area contributed by atoms with Gasteiger partial charge in [0, 0.05) is 6.54 Å². The number of nitrogens with one attached hydrogen (secondary N) is 1. The van der Waals surface area contributed by atoms with Gasteiger partial charge in [-0.1, -0.05) is 18.0 Å². The van der Waals surface area contributed by atoms with E-state index in [0.29, 0.717) is 12.5 Å². The molecule has 1 heterocycles. The van der Waals surface area contributed by atoms with Gasteiger partial charge < -0.3 is 11.1 Å². The first-order valence-electron chi connectivity index (χ1n) is 6.50. The van der Waals surface area contributed by atoms with Gasteiger partial charge in [0.25, 0.3) is 11.5 Å². The van der Waals surface area contributed by atoms with Gasteiger partial charge in [0.15, 0.2) is 0 Å². The Kier molecular flexibility index (Phi) is 4.59. The van der Waals surface area contributed by atoms with Gasteiger partial charge in [-0.15, -0.1) is 0 Å². The van der Waals surface area contributed by atoms with E-state index in [1.165, 1.54) is 10.9 Å². The highest BCUT2D eigenvalue weighted by Gasteiger charge is 2.27. The van der Waals surface area contributed by atoms with E-state index in [4.69, 9.17) is 17.3 Å². The molecule has 1 fully saturated rings. The maximum absolute atomic E-state index is 13.1. The lowest BCUT2D eigenvalue weighted by Gasteiger charge is -2.25. The number of hydrogen-bond acceptors (Lipinski definition) is 4. The van der Waals surface area contributed by atoms with Crippen molar-refractivity contribution >= 4 is 17.3 Å². The summed E-state index contributed by atoms with van der Waals surface area (Å²) in [5.41, 5.74) is 4.43. The van der Waals surface area contributed by atoms with Crippen molar-refractivity contribution in [3.8, 4) is 0 Å². The van der Waals surface area contributed by atoms with Crippen LogP contribution in [0.25, 0.3) is 0 Å². The molecule has 1 saturated carbocycles. The van der Waals surface area contributed by atoms with Crippen LogP contribution in [0.4, 0.5) is 14.5 Å². The van der Waals surface area contributed by atoms with Crippen molar-refractivity contribution in [1.29, 1.82) is 0 Å². The summed E-state index contributed by atoms with van der Waals surface area (Å²) < 4.78 is 27.5. The normalized spacial score (nSPS) is 16.0. The van der Waals surface area contributed by atoms with E-state index in [9.17, 15) is 13.6 Å². The lowest BCUT2D eigenvalue weighted by Crippen LogP contribution is -2.37. The third-order valence-corrected chi connectivity index (χ3v) is 3.76. The fourth-order valence-corrected chi connectivity index (χ4v) is 2.16. The molecule has 0 aliphatic heterocycles. The fraction of sp³-hybridized carbons (Fsp3) is 0.667. The van der Waals surface area contributed by atoms with Crippen molar-refractivity contribution in [2.75, 3.05) is 18.4 Å². The van der Waals surface area contributed by atoms with Gasteiger partial charge >= 0.3 is 0 Å². The van der Waals surface area contributed by atoms with E-state index >= 15 is 0 Å². The Balaban J connectivity index is 2.14. The molecule has 8 heteroatoms. The Morgan fingerprint density at radius 3 is 2.80 bits per heavy atom. The molecule has 0 radical (unpaired) electrons. The molecule has 0 saturated heterocycles. The lowest BCUT2D eigenvalue weighted by molar-refractivity contribution is 0.0253. The Labute approximate surface area is 120 Å². The van der Waals surface area contributed by atoms with Crippen LogP contribution in [-0.2, 0) is 6.54 Å². The molecular weight excluding hydrogens is 290 g/mol. The number of hydrogen-bond donors (Lipinski definition) is 2. The summed E-state index contributed by atoms with van der Waals surface area (Å²) in [6.45, 7) is -1.02. The second-order valence-electron chi connectivity index (χ2n) is 5.07. The molecule has 0 bridgehead atoms. The first kappa shape index (κ1) is 15.2. The summed E-state index contributed by atoms with van der Waals surface area (Å²) >= 11 is 5.84. The summed E-state index contributed by atoms with van der Waals surface area (Å²) in [6.07, 6.45) is 4.57. The summed E-state index contributed by atoms with van der Waals surface area (Å²) in [7, 11) is 0. The van der Waals surface area contributed by atoms with Gasteiger partial charge in [0.1, 0.15) is 5.69 Å². The van der Waals surface area contributed by atoms with Crippen LogP contribution in [0.5, 0.6) is 0 Å². The minimum atomic E-state index is -3.09. The largest absolute Gasteiger partial charge is 0.373 e. The van der Waals surface area contributed by atoms with Crippen LogP contribution in [0.2, 0.25) is 5.02 Å². The second kappa shape index (κ2) is 6.05. The van der Waals surface area contributed by atoms with Crippen LogP contribution in [0, 0.1) is 5.92 Å². The molecule has 0 spiro atoms. The molecule has 2 rings (SSSR count). The van der Waals surface area contributed by atoms with Crippen LogP contribution in [0.1, 0.15) is 19.3 Å². The van der Waals surface area contributed by atoms with Gasteiger partial charge in [-0.25, -0.2) is 13.5 Å². The molecule has 0 atom stereocenters. The minimum absolute atomic E-state index is 0.0349. The maximum atomic E-state index is 13.1. The third kappa shape index (κ3) is 3.46. The molecule has 1 aliphatic rings. The Hall–Kier alpha value is -1.21. The number of alkyl halides is 2. The molecule has 0 aromatic carbocycles. The molecular formula is C12H17ClF2N4O. The highest BCUT2D eigenvalue weighted by atomic mass is 35.5. The highest BCUT2D eigenvalue weighted by molar-refractivity contribution is 6.32. The molecule has 1 aromatic rings. The van der Waals surface area contributed by atoms with Crippen molar-refractivity contribution in [2.24, 2.45) is 11.7 Å². The average molecular weight is 307 g/mol. The van der Waals surface area contributed by atoms with Crippen LogP contribution in [0.3, 0.4) is 0 Å². The first-order valence-corrected chi connectivity index (χ1v) is 6.88. The number of nitrogens with zero attached hydrogens (tertiary/aromatic N) is 2. The van der Waals surface area contributed by atoms with E-state index in [-0.39, 0.29) is 10.7 Å². The zero-order valence-corrected chi connectivity index (χ0v) is 11.7. The van der Waals surface area contributed by atoms with Crippen LogP contribution >= 0.6 is 11.6 Å². The molecule has 112 valence electrons. The van der Waals surface area contributed by atoms with Crippen molar-refractivity contribution in [2.45, 2.75) is 31.7 Å². The minimum Gasteiger partial charge on any atom is -0.373 e. The Bertz CT molecular complexity index is 531. The number of halogens is 3. The second-order valence-corrected chi connectivity index (χ2v) is 5.47. The zero-order valence-electron chi connectivity index (χ0n) is 10.9. The summed E-state index contributed by atoms with van der Waals surface area (Å²) in [5.74, 6) is -2.66. The molecule has 1 aromatic heterocycles. The molecule has 1 aliphatic carbocycles. The molecule has 5 nitrogen and oxygen atoms in total. The average Bonchev–Trinajstić information content (AvgIpc) is 2.35. The fourth-order valence-electron chi connectivity index (χ4n) is 1.97. The molecule has 20 heavy (non-hydrogen) atoms. The molecule has 0 amide bonds. The number of rotatable bonds is 6. The summed E-state index contributed by atoms with van der Waals surface area (Å²) in [4.78, 5) is 12.1. The van der Waals surface area contributed by atoms with Crippen molar-refractivity contribution < 1.29 is 8.78 Å². The van der Waals surface area contributed by atoms with Gasteiger partial charge in [-0.3, -0.25) is 4.79 Å². The van der Waals surface area contributed by atoms with Crippen LogP contribution < -0.4 is 16.6 Å². The van der Waals surface area contributed by atoms with E-state index in [1.54, 1.807) is 0 Å². The predicted molar refractivity (Wildman–Crippen MR) is 73.3 cm³/mol. The standard InChI is InChI=1S/C12H17ClF2N4O/c13-9-4-18-19(5-8-2-1-3-8)11(20)10(9)17-7-12(14,15)6-16/h4,8,17H,1-3,5-7,16H2. The molecule has 0 unspecified atom stereocenters. The Morgan fingerprint density at radius 2 is 2.25 bits per heavy atom. The highest BCUT2D eigenvalue weighted by Crippen LogP contribution is 2.27. The number of aromatic nitrogens is 2.